The molecule has 0 aromatic heterocycles. The summed E-state index contributed by atoms with van der Waals surface area (Å²) in [5.74, 6) is -0.356. The quantitative estimate of drug-likeness (QED) is 0.313. The zero-order valence-corrected chi connectivity index (χ0v) is 22.0. The highest BCUT2D eigenvalue weighted by atomic mass is 32.2. The molecule has 3 amide bonds. The van der Waals surface area contributed by atoms with Crippen LogP contribution in [0.3, 0.4) is 0 Å². The number of nitrogen functional groups attached to an aromatic ring is 1. The van der Waals surface area contributed by atoms with Gasteiger partial charge in [0.15, 0.2) is 0 Å². The highest BCUT2D eigenvalue weighted by molar-refractivity contribution is 7.90. The minimum atomic E-state index is -4.11. The van der Waals surface area contributed by atoms with Crippen LogP contribution < -0.4 is 21.7 Å². The summed E-state index contributed by atoms with van der Waals surface area (Å²) in [4.78, 5) is 27.7. The molecular weight excluding hydrogens is 520 g/mol. The number of fused-ring (bicyclic) bond motifs is 1. The number of nitrogens with zero attached hydrogens (tertiary/aromatic N) is 2. The smallest absolute Gasteiger partial charge is 0.336 e. The fraction of sp³-hybridized carbons (Fsp3) is 0.259. The van der Waals surface area contributed by atoms with Crippen molar-refractivity contribution in [1.82, 2.24) is 9.21 Å². The molecule has 1 saturated heterocycles. The number of para-hydroxylation sites is 2. The molecule has 5 rings (SSSR count). The summed E-state index contributed by atoms with van der Waals surface area (Å²) in [6, 6.07) is 17.4. The molecule has 2 heterocycles. The molecule has 0 spiro atoms. The minimum Gasteiger partial charge on any atom is -0.397 e. The number of hydrogen-bond acceptors (Lipinski definition) is 8. The maximum Gasteiger partial charge on any atom is 0.336 e. The summed E-state index contributed by atoms with van der Waals surface area (Å²) in [7, 11) is -4.11. The molecule has 204 valence electrons. The zero-order valence-electron chi connectivity index (χ0n) is 21.2. The third-order valence-corrected chi connectivity index (χ3v) is 8.40. The van der Waals surface area contributed by atoms with E-state index in [1.807, 2.05) is 0 Å². The van der Waals surface area contributed by atoms with Gasteiger partial charge in [-0.1, -0.05) is 24.3 Å². The largest absolute Gasteiger partial charge is 0.397 e. The number of ether oxygens (including phenoxy) is 1. The van der Waals surface area contributed by atoms with E-state index in [0.29, 0.717) is 47.9 Å². The molecule has 0 saturated carbocycles. The van der Waals surface area contributed by atoms with Gasteiger partial charge in [-0.2, -0.15) is 0 Å². The molecule has 2 aliphatic rings. The van der Waals surface area contributed by atoms with Gasteiger partial charge in [0, 0.05) is 37.4 Å². The second-order valence-corrected chi connectivity index (χ2v) is 11.1. The van der Waals surface area contributed by atoms with Crippen LogP contribution in [0, 0.1) is 0 Å². The van der Waals surface area contributed by atoms with E-state index in [4.69, 9.17) is 10.5 Å². The third-order valence-electron chi connectivity index (χ3n) is 6.63. The Balaban J connectivity index is 1.26. The minimum absolute atomic E-state index is 0.0231. The number of sulfonamides is 1. The summed E-state index contributed by atoms with van der Waals surface area (Å²) >= 11 is 0. The van der Waals surface area contributed by atoms with Crippen molar-refractivity contribution in [3.8, 4) is 0 Å². The topological polar surface area (TPSA) is 146 Å². The number of benzene rings is 3. The lowest BCUT2D eigenvalue weighted by Crippen LogP contribution is -2.43. The van der Waals surface area contributed by atoms with Crippen LogP contribution in [-0.4, -0.2) is 69.0 Å². The normalized spacial score (nSPS) is 16.7. The Hall–Kier alpha value is -4.13. The standard InChI is InChI=1S/C27H30N6O5S/c28-22-3-1-2-4-23(22)30-26(34)20-7-5-19(6-8-20)18-33-27(35)31-24-10-9-21(17-25(24)39(33,36)37)29-11-12-32-13-15-38-16-14-32/h1-10,17,29H,11-16,18,28H2,(H,30,34)(H,31,35). The predicted octanol–water partition coefficient (Wildman–Crippen LogP) is 3.00. The number of anilines is 4. The molecule has 3 aromatic carbocycles. The molecule has 5 N–H and O–H groups in total. The predicted molar refractivity (Wildman–Crippen MR) is 149 cm³/mol. The summed E-state index contributed by atoms with van der Waals surface area (Å²) in [5.41, 5.74) is 8.63. The van der Waals surface area contributed by atoms with Gasteiger partial charge >= 0.3 is 6.03 Å². The molecule has 0 aliphatic carbocycles. The van der Waals surface area contributed by atoms with Crippen molar-refractivity contribution >= 4 is 44.7 Å². The summed E-state index contributed by atoms with van der Waals surface area (Å²) in [6.45, 7) is 4.43. The molecule has 0 bridgehead atoms. The Morgan fingerprint density at radius 3 is 2.51 bits per heavy atom. The van der Waals surface area contributed by atoms with Crippen LogP contribution in [0.5, 0.6) is 0 Å². The molecule has 1 fully saturated rings. The average molecular weight is 551 g/mol. The van der Waals surface area contributed by atoms with Gasteiger partial charge < -0.3 is 26.4 Å². The van der Waals surface area contributed by atoms with E-state index in [-0.39, 0.29) is 23.0 Å². The average Bonchev–Trinajstić information content (AvgIpc) is 2.93. The highest BCUT2D eigenvalue weighted by Crippen LogP contribution is 2.33. The van der Waals surface area contributed by atoms with Crippen molar-refractivity contribution in [3.63, 3.8) is 0 Å². The molecule has 0 radical (unpaired) electrons. The summed E-state index contributed by atoms with van der Waals surface area (Å²) in [5, 5.41) is 8.68. The highest BCUT2D eigenvalue weighted by Gasteiger charge is 2.37. The van der Waals surface area contributed by atoms with Crippen LogP contribution in [0.4, 0.5) is 27.5 Å². The van der Waals surface area contributed by atoms with Crippen molar-refractivity contribution in [2.75, 3.05) is 61.1 Å². The Morgan fingerprint density at radius 2 is 1.77 bits per heavy atom. The number of amides is 3. The molecule has 11 nitrogen and oxygen atoms in total. The number of nitrogens with one attached hydrogen (secondary N) is 3. The van der Waals surface area contributed by atoms with Gasteiger partial charge in [-0.15, -0.1) is 0 Å². The monoisotopic (exact) mass is 550 g/mol. The van der Waals surface area contributed by atoms with Gasteiger partial charge in [-0.3, -0.25) is 9.69 Å². The maximum atomic E-state index is 13.4. The van der Waals surface area contributed by atoms with Crippen LogP contribution in [-0.2, 0) is 21.3 Å². The Labute approximate surface area is 227 Å². The Kier molecular flexibility index (Phi) is 7.68. The van der Waals surface area contributed by atoms with E-state index in [0.717, 1.165) is 23.9 Å². The first-order chi connectivity index (χ1) is 18.8. The molecule has 3 aromatic rings. The van der Waals surface area contributed by atoms with Gasteiger partial charge in [0.25, 0.3) is 15.9 Å². The number of hydrogen-bond donors (Lipinski definition) is 4. The number of nitrogens with two attached hydrogens (primary N) is 1. The second-order valence-electron chi connectivity index (χ2n) is 9.27. The Morgan fingerprint density at radius 1 is 1.03 bits per heavy atom. The van der Waals surface area contributed by atoms with E-state index in [1.165, 1.54) is 0 Å². The van der Waals surface area contributed by atoms with E-state index in [2.05, 4.69) is 20.9 Å². The fourth-order valence-electron chi connectivity index (χ4n) is 4.43. The number of carbonyl (C=O) groups is 2. The maximum absolute atomic E-state index is 13.4. The first-order valence-electron chi connectivity index (χ1n) is 12.6. The molecular formula is C27H30N6O5S. The molecule has 0 unspecified atom stereocenters. The zero-order chi connectivity index (χ0) is 27.4. The molecule has 2 aliphatic heterocycles. The van der Waals surface area contributed by atoms with Gasteiger partial charge in [0.05, 0.1) is 36.8 Å². The van der Waals surface area contributed by atoms with Crippen molar-refractivity contribution in [3.05, 3.63) is 77.9 Å². The van der Waals surface area contributed by atoms with Gasteiger partial charge in [-0.25, -0.2) is 17.5 Å². The number of urea groups is 1. The van der Waals surface area contributed by atoms with Crippen molar-refractivity contribution in [2.24, 2.45) is 0 Å². The fourth-order valence-corrected chi connectivity index (χ4v) is 5.92. The lowest BCUT2D eigenvalue weighted by Gasteiger charge is -2.29. The van der Waals surface area contributed by atoms with E-state index in [1.54, 1.807) is 66.7 Å². The van der Waals surface area contributed by atoms with Gasteiger partial charge in [-0.05, 0) is 48.0 Å². The number of rotatable bonds is 8. The molecule has 12 heteroatoms. The lowest BCUT2D eigenvalue weighted by molar-refractivity contribution is 0.0398. The second kappa shape index (κ2) is 11.3. The van der Waals surface area contributed by atoms with E-state index < -0.39 is 16.1 Å². The molecule has 0 atom stereocenters. The van der Waals surface area contributed by atoms with Crippen molar-refractivity contribution in [2.45, 2.75) is 11.4 Å². The summed E-state index contributed by atoms with van der Waals surface area (Å²) < 4.78 is 33.0. The number of morpholine rings is 1. The van der Waals surface area contributed by atoms with Crippen LogP contribution in [0.15, 0.2) is 71.6 Å². The first kappa shape index (κ1) is 26.5. The van der Waals surface area contributed by atoms with E-state index in [9.17, 15) is 18.0 Å². The lowest BCUT2D eigenvalue weighted by atomic mass is 10.1. The number of carbonyl (C=O) groups excluding carboxylic acids is 2. The van der Waals surface area contributed by atoms with Crippen LogP contribution >= 0.6 is 0 Å². The van der Waals surface area contributed by atoms with Gasteiger partial charge in [0.1, 0.15) is 4.90 Å². The van der Waals surface area contributed by atoms with Crippen LogP contribution in [0.2, 0.25) is 0 Å². The van der Waals surface area contributed by atoms with Crippen molar-refractivity contribution < 1.29 is 22.7 Å². The third kappa shape index (κ3) is 5.98. The van der Waals surface area contributed by atoms with E-state index >= 15 is 0 Å². The van der Waals surface area contributed by atoms with Gasteiger partial charge in [0.2, 0.25) is 0 Å². The van der Waals surface area contributed by atoms with Crippen molar-refractivity contribution in [1.29, 1.82) is 0 Å². The Bertz CT molecular complexity index is 1470. The molecule has 39 heavy (non-hydrogen) atoms. The first-order valence-corrected chi connectivity index (χ1v) is 14.0. The van der Waals surface area contributed by atoms with Crippen LogP contribution in [0.25, 0.3) is 0 Å². The van der Waals surface area contributed by atoms with Crippen LogP contribution in [0.1, 0.15) is 15.9 Å². The SMILES string of the molecule is Nc1ccccc1NC(=O)c1ccc(CN2C(=O)Nc3ccc(NCCN4CCOCC4)cc3S2(=O)=O)cc1. The summed E-state index contributed by atoms with van der Waals surface area (Å²) in [6.07, 6.45) is 0.